The van der Waals surface area contributed by atoms with Crippen molar-refractivity contribution < 1.29 is 9.47 Å². The number of epoxide rings is 1. The fraction of sp³-hybridized carbons (Fsp3) is 0.538. The molecule has 1 heterocycles. The summed E-state index contributed by atoms with van der Waals surface area (Å²) >= 11 is 0. The zero-order chi connectivity index (χ0) is 10.7. The number of rotatable bonds is 5. The Labute approximate surface area is 91.2 Å². The molecule has 0 radical (unpaired) electrons. The van der Waals surface area contributed by atoms with E-state index in [0.717, 1.165) is 25.4 Å². The van der Waals surface area contributed by atoms with Crippen LogP contribution in [0, 0.1) is 5.41 Å². The smallest absolute Gasteiger partial charge is 0.119 e. The molecular formula is C13H18O2. The fourth-order valence-electron chi connectivity index (χ4n) is 1.64. The first-order valence-electron chi connectivity index (χ1n) is 5.54. The molecule has 2 heteroatoms. The van der Waals surface area contributed by atoms with E-state index < -0.39 is 0 Å². The van der Waals surface area contributed by atoms with Gasteiger partial charge in [0, 0.05) is 5.41 Å². The average molecular weight is 206 g/mol. The molecule has 0 aromatic heterocycles. The van der Waals surface area contributed by atoms with Crippen LogP contribution in [-0.4, -0.2) is 19.3 Å². The predicted octanol–water partition coefficient (Wildman–Crippen LogP) is 2.88. The Morgan fingerprint density at radius 2 is 2.07 bits per heavy atom. The van der Waals surface area contributed by atoms with Gasteiger partial charge in [-0.05, 0) is 18.6 Å². The Morgan fingerprint density at radius 1 is 1.40 bits per heavy atom. The fourth-order valence-corrected chi connectivity index (χ4v) is 1.64. The molecule has 1 aromatic rings. The molecule has 1 fully saturated rings. The van der Waals surface area contributed by atoms with Gasteiger partial charge in [0.1, 0.15) is 5.75 Å². The summed E-state index contributed by atoms with van der Waals surface area (Å²) in [6, 6.07) is 9.96. The van der Waals surface area contributed by atoms with Gasteiger partial charge in [0.2, 0.25) is 0 Å². The molecule has 1 saturated heterocycles. The molecule has 0 saturated carbocycles. The molecule has 1 aromatic carbocycles. The average Bonchev–Trinajstić information content (AvgIpc) is 3.11. The monoisotopic (exact) mass is 206 g/mol. The van der Waals surface area contributed by atoms with Gasteiger partial charge in [0.25, 0.3) is 0 Å². The highest BCUT2D eigenvalue weighted by Gasteiger charge is 2.42. The van der Waals surface area contributed by atoms with Crippen LogP contribution in [0.1, 0.15) is 20.3 Å². The lowest BCUT2D eigenvalue weighted by Crippen LogP contribution is -2.30. The Bertz CT molecular complexity index is 306. The molecule has 0 aliphatic carbocycles. The van der Waals surface area contributed by atoms with Gasteiger partial charge in [-0.1, -0.05) is 32.0 Å². The van der Waals surface area contributed by atoms with Gasteiger partial charge < -0.3 is 9.47 Å². The first kappa shape index (κ1) is 10.5. The first-order valence-corrected chi connectivity index (χ1v) is 5.54. The molecule has 2 unspecified atom stereocenters. The zero-order valence-corrected chi connectivity index (χ0v) is 9.40. The van der Waals surface area contributed by atoms with E-state index in [9.17, 15) is 0 Å². The van der Waals surface area contributed by atoms with E-state index in [0.29, 0.717) is 6.10 Å². The van der Waals surface area contributed by atoms with Crippen molar-refractivity contribution in [3.05, 3.63) is 30.3 Å². The minimum absolute atomic E-state index is 0.163. The molecule has 0 bridgehead atoms. The van der Waals surface area contributed by atoms with Gasteiger partial charge >= 0.3 is 0 Å². The molecule has 2 rings (SSSR count). The molecule has 2 atom stereocenters. The van der Waals surface area contributed by atoms with Crippen LogP contribution in [0.3, 0.4) is 0 Å². The number of ether oxygens (including phenoxy) is 2. The Morgan fingerprint density at radius 3 is 2.60 bits per heavy atom. The van der Waals surface area contributed by atoms with Crippen molar-refractivity contribution in [1.29, 1.82) is 0 Å². The number of hydrogen-bond acceptors (Lipinski definition) is 2. The van der Waals surface area contributed by atoms with Gasteiger partial charge in [-0.25, -0.2) is 0 Å². The topological polar surface area (TPSA) is 21.8 Å². The van der Waals surface area contributed by atoms with E-state index in [1.807, 2.05) is 30.3 Å². The van der Waals surface area contributed by atoms with Gasteiger partial charge in [-0.15, -0.1) is 0 Å². The highest BCUT2D eigenvalue weighted by atomic mass is 16.6. The summed E-state index contributed by atoms with van der Waals surface area (Å²) in [7, 11) is 0. The lowest BCUT2D eigenvalue weighted by molar-refractivity contribution is 0.118. The summed E-state index contributed by atoms with van der Waals surface area (Å²) in [4.78, 5) is 0. The Kier molecular flexibility index (Phi) is 2.96. The second-order valence-electron chi connectivity index (χ2n) is 4.43. The standard InChI is InChI=1S/C13H18O2/c1-3-13(2,12-9-14-12)10-15-11-7-5-4-6-8-11/h4-8,12H,3,9-10H2,1-2H3. The summed E-state index contributed by atoms with van der Waals surface area (Å²) in [6.07, 6.45) is 1.48. The molecule has 82 valence electrons. The van der Waals surface area contributed by atoms with E-state index in [1.54, 1.807) is 0 Å². The molecule has 1 aliphatic rings. The van der Waals surface area contributed by atoms with Crippen molar-refractivity contribution in [2.75, 3.05) is 13.2 Å². The van der Waals surface area contributed by atoms with Gasteiger partial charge in [0.15, 0.2) is 0 Å². The van der Waals surface area contributed by atoms with Crippen molar-refractivity contribution in [1.82, 2.24) is 0 Å². The van der Waals surface area contributed by atoms with E-state index in [2.05, 4.69) is 13.8 Å². The summed E-state index contributed by atoms with van der Waals surface area (Å²) in [5.41, 5.74) is 0.163. The lowest BCUT2D eigenvalue weighted by Gasteiger charge is -2.26. The molecule has 0 amide bonds. The highest BCUT2D eigenvalue weighted by Crippen LogP contribution is 2.36. The zero-order valence-electron chi connectivity index (χ0n) is 9.40. The van der Waals surface area contributed by atoms with Crippen LogP contribution in [0.2, 0.25) is 0 Å². The molecular weight excluding hydrogens is 188 g/mol. The van der Waals surface area contributed by atoms with Crippen LogP contribution in [0.5, 0.6) is 5.75 Å². The molecule has 0 spiro atoms. The van der Waals surface area contributed by atoms with Gasteiger partial charge in [-0.3, -0.25) is 0 Å². The van der Waals surface area contributed by atoms with E-state index >= 15 is 0 Å². The summed E-state index contributed by atoms with van der Waals surface area (Å²) in [5.74, 6) is 0.942. The number of hydrogen-bond donors (Lipinski definition) is 0. The van der Waals surface area contributed by atoms with Crippen molar-refractivity contribution in [2.45, 2.75) is 26.4 Å². The third-order valence-corrected chi connectivity index (χ3v) is 3.23. The van der Waals surface area contributed by atoms with Crippen LogP contribution in [-0.2, 0) is 4.74 Å². The SMILES string of the molecule is CCC(C)(COc1ccccc1)C1CO1. The van der Waals surface area contributed by atoms with Crippen LogP contribution in [0.25, 0.3) is 0 Å². The molecule has 1 aliphatic heterocycles. The highest BCUT2D eigenvalue weighted by molar-refractivity contribution is 5.21. The van der Waals surface area contributed by atoms with Crippen molar-refractivity contribution in [3.63, 3.8) is 0 Å². The number of para-hydroxylation sites is 1. The van der Waals surface area contributed by atoms with Crippen LogP contribution >= 0.6 is 0 Å². The first-order chi connectivity index (χ1) is 7.24. The largest absolute Gasteiger partial charge is 0.493 e. The maximum atomic E-state index is 5.78. The normalized spacial score (nSPS) is 23.2. The van der Waals surface area contributed by atoms with Crippen LogP contribution < -0.4 is 4.74 Å². The minimum atomic E-state index is 0.163. The van der Waals surface area contributed by atoms with E-state index in [1.165, 1.54) is 0 Å². The van der Waals surface area contributed by atoms with Crippen molar-refractivity contribution in [3.8, 4) is 5.75 Å². The third-order valence-electron chi connectivity index (χ3n) is 3.23. The van der Waals surface area contributed by atoms with Gasteiger partial charge in [-0.2, -0.15) is 0 Å². The molecule has 0 N–H and O–H groups in total. The summed E-state index contributed by atoms with van der Waals surface area (Å²) in [6.45, 7) is 6.05. The van der Waals surface area contributed by atoms with Gasteiger partial charge in [0.05, 0.1) is 19.3 Å². The predicted molar refractivity (Wildman–Crippen MR) is 60.1 cm³/mol. The lowest BCUT2D eigenvalue weighted by atomic mass is 9.85. The maximum Gasteiger partial charge on any atom is 0.119 e. The van der Waals surface area contributed by atoms with E-state index in [-0.39, 0.29) is 5.41 Å². The second kappa shape index (κ2) is 4.23. The maximum absolute atomic E-state index is 5.78. The van der Waals surface area contributed by atoms with Crippen molar-refractivity contribution in [2.24, 2.45) is 5.41 Å². The molecule has 2 nitrogen and oxygen atoms in total. The van der Waals surface area contributed by atoms with Crippen LogP contribution in [0.15, 0.2) is 30.3 Å². The quantitative estimate of drug-likeness (QED) is 0.691. The summed E-state index contributed by atoms with van der Waals surface area (Å²) in [5, 5.41) is 0. The second-order valence-corrected chi connectivity index (χ2v) is 4.43. The summed E-state index contributed by atoms with van der Waals surface area (Å²) < 4.78 is 11.2. The Balaban J connectivity index is 1.91. The number of benzene rings is 1. The minimum Gasteiger partial charge on any atom is -0.493 e. The van der Waals surface area contributed by atoms with Crippen LogP contribution in [0.4, 0.5) is 0 Å². The Hall–Kier alpha value is -1.02. The molecule has 15 heavy (non-hydrogen) atoms. The van der Waals surface area contributed by atoms with E-state index in [4.69, 9.17) is 9.47 Å². The third kappa shape index (κ3) is 2.51. The van der Waals surface area contributed by atoms with Crippen molar-refractivity contribution >= 4 is 0 Å².